The number of hydrogen-bond donors (Lipinski definition) is 2. The van der Waals surface area contributed by atoms with Crippen LogP contribution in [0.5, 0.6) is 0 Å². The largest absolute Gasteiger partial charge is 0.477 e. The lowest BCUT2D eigenvalue weighted by atomic mass is 10.2. The Balaban J connectivity index is 1.78. The molecular weight excluding hydrogens is 270 g/mol. The van der Waals surface area contributed by atoms with Gasteiger partial charge in [-0.2, -0.15) is 0 Å². The summed E-state index contributed by atoms with van der Waals surface area (Å²) in [7, 11) is 1.92. The van der Waals surface area contributed by atoms with Crippen molar-refractivity contribution in [2.24, 2.45) is 7.05 Å². The molecule has 0 saturated heterocycles. The minimum Gasteiger partial charge on any atom is -0.477 e. The van der Waals surface area contributed by atoms with Crippen LogP contribution in [0.1, 0.15) is 16.1 Å². The van der Waals surface area contributed by atoms with Gasteiger partial charge < -0.3 is 15.0 Å². The highest BCUT2D eigenvalue weighted by Gasteiger charge is 2.07. The van der Waals surface area contributed by atoms with Crippen LogP contribution < -0.4 is 5.32 Å². The number of anilines is 1. The van der Waals surface area contributed by atoms with Gasteiger partial charge in [-0.1, -0.05) is 6.07 Å². The standard InChI is InChI=1S/C14H13N5O2/c1-19-8-18-12-11(19)4-5-15-13(12)17-7-9-2-3-10(14(20)21)16-6-9/h2-6,8H,7H2,1H3,(H,15,17)(H,20,21). The van der Waals surface area contributed by atoms with Gasteiger partial charge in [0.15, 0.2) is 5.82 Å². The summed E-state index contributed by atoms with van der Waals surface area (Å²) < 4.78 is 1.92. The number of aromatic carboxylic acids is 1. The van der Waals surface area contributed by atoms with Crippen LogP contribution in [0.2, 0.25) is 0 Å². The first-order chi connectivity index (χ1) is 10.1. The van der Waals surface area contributed by atoms with Crippen LogP contribution in [-0.2, 0) is 13.6 Å². The topological polar surface area (TPSA) is 92.9 Å². The number of carboxylic acids is 1. The number of aromatic nitrogens is 4. The summed E-state index contributed by atoms with van der Waals surface area (Å²) in [4.78, 5) is 23.2. The lowest BCUT2D eigenvalue weighted by Crippen LogP contribution is -2.05. The van der Waals surface area contributed by atoms with E-state index in [1.54, 1.807) is 18.6 Å². The second kappa shape index (κ2) is 5.20. The van der Waals surface area contributed by atoms with Crippen molar-refractivity contribution < 1.29 is 9.90 Å². The monoisotopic (exact) mass is 283 g/mol. The number of rotatable bonds is 4. The third-order valence-corrected chi connectivity index (χ3v) is 3.15. The molecule has 0 unspecified atom stereocenters. The Morgan fingerprint density at radius 3 is 2.86 bits per heavy atom. The molecule has 21 heavy (non-hydrogen) atoms. The number of aryl methyl sites for hydroxylation is 1. The van der Waals surface area contributed by atoms with Crippen LogP contribution in [-0.4, -0.2) is 30.6 Å². The molecule has 2 N–H and O–H groups in total. The van der Waals surface area contributed by atoms with E-state index in [4.69, 9.17) is 5.11 Å². The summed E-state index contributed by atoms with van der Waals surface area (Å²) >= 11 is 0. The Kier molecular flexibility index (Phi) is 3.23. The van der Waals surface area contributed by atoms with Crippen LogP contribution in [0, 0.1) is 0 Å². The van der Waals surface area contributed by atoms with Crippen LogP contribution in [0.4, 0.5) is 5.82 Å². The molecule has 7 nitrogen and oxygen atoms in total. The SMILES string of the molecule is Cn1cnc2c(NCc3ccc(C(=O)O)nc3)nccc21. The summed E-state index contributed by atoms with van der Waals surface area (Å²) in [6.45, 7) is 0.496. The van der Waals surface area contributed by atoms with E-state index in [2.05, 4.69) is 20.3 Å². The molecule has 0 aliphatic rings. The van der Waals surface area contributed by atoms with Gasteiger partial charge in [-0.25, -0.2) is 19.7 Å². The third-order valence-electron chi connectivity index (χ3n) is 3.15. The Hall–Kier alpha value is -2.96. The molecule has 0 aliphatic heterocycles. The molecule has 0 amide bonds. The molecule has 0 spiro atoms. The molecule has 3 aromatic rings. The van der Waals surface area contributed by atoms with E-state index in [0.29, 0.717) is 12.4 Å². The first kappa shape index (κ1) is 13.0. The Bertz CT molecular complexity index is 795. The molecule has 3 aromatic heterocycles. The van der Waals surface area contributed by atoms with Crippen LogP contribution >= 0.6 is 0 Å². The van der Waals surface area contributed by atoms with Crippen molar-refractivity contribution in [1.29, 1.82) is 0 Å². The highest BCUT2D eigenvalue weighted by atomic mass is 16.4. The predicted molar refractivity (Wildman–Crippen MR) is 77.0 cm³/mol. The maximum atomic E-state index is 10.7. The lowest BCUT2D eigenvalue weighted by Gasteiger charge is -2.06. The molecule has 0 saturated carbocycles. The zero-order valence-corrected chi connectivity index (χ0v) is 11.3. The molecule has 0 fully saturated rings. The summed E-state index contributed by atoms with van der Waals surface area (Å²) in [6.07, 6.45) is 4.99. The van der Waals surface area contributed by atoms with Crippen molar-refractivity contribution >= 4 is 22.8 Å². The fraction of sp³-hybridized carbons (Fsp3) is 0.143. The first-order valence-electron chi connectivity index (χ1n) is 6.33. The molecule has 0 radical (unpaired) electrons. The van der Waals surface area contributed by atoms with Gasteiger partial charge in [-0.05, 0) is 17.7 Å². The van der Waals surface area contributed by atoms with Crippen LogP contribution in [0.3, 0.4) is 0 Å². The second-order valence-corrected chi connectivity index (χ2v) is 4.59. The van der Waals surface area contributed by atoms with Crippen LogP contribution in [0.15, 0.2) is 36.9 Å². The van der Waals surface area contributed by atoms with E-state index < -0.39 is 5.97 Å². The van der Waals surface area contributed by atoms with Gasteiger partial charge >= 0.3 is 5.97 Å². The number of nitrogens with one attached hydrogen (secondary N) is 1. The fourth-order valence-corrected chi connectivity index (χ4v) is 2.03. The molecule has 0 bridgehead atoms. The maximum Gasteiger partial charge on any atom is 0.354 e. The third kappa shape index (κ3) is 2.53. The lowest BCUT2D eigenvalue weighted by molar-refractivity contribution is 0.0690. The second-order valence-electron chi connectivity index (χ2n) is 4.59. The number of pyridine rings is 2. The number of nitrogens with zero attached hydrogens (tertiary/aromatic N) is 4. The quantitative estimate of drug-likeness (QED) is 0.756. The van der Waals surface area contributed by atoms with Gasteiger partial charge in [0.05, 0.1) is 11.8 Å². The predicted octanol–water partition coefficient (Wildman–Crippen LogP) is 1.67. The molecule has 3 rings (SSSR count). The van der Waals surface area contributed by atoms with Crippen molar-refractivity contribution in [2.45, 2.75) is 6.54 Å². The molecule has 106 valence electrons. The van der Waals surface area contributed by atoms with Gasteiger partial charge in [0.2, 0.25) is 0 Å². The van der Waals surface area contributed by atoms with Gasteiger partial charge in [0.1, 0.15) is 11.2 Å². The summed E-state index contributed by atoms with van der Waals surface area (Å²) in [5.41, 5.74) is 2.69. The average molecular weight is 283 g/mol. The smallest absolute Gasteiger partial charge is 0.354 e. The number of carboxylic acid groups (broad SMARTS) is 1. The fourth-order valence-electron chi connectivity index (χ4n) is 2.03. The van der Waals surface area contributed by atoms with Crippen molar-refractivity contribution in [3.63, 3.8) is 0 Å². The summed E-state index contributed by atoms with van der Waals surface area (Å²) in [5.74, 6) is -0.343. The first-order valence-corrected chi connectivity index (χ1v) is 6.33. The zero-order chi connectivity index (χ0) is 14.8. The number of hydrogen-bond acceptors (Lipinski definition) is 5. The van der Waals surface area contributed by atoms with Crippen molar-refractivity contribution in [3.8, 4) is 0 Å². The van der Waals surface area contributed by atoms with Crippen molar-refractivity contribution in [3.05, 3.63) is 48.2 Å². The number of imidazole rings is 1. The molecule has 0 aliphatic carbocycles. The molecule has 7 heteroatoms. The zero-order valence-electron chi connectivity index (χ0n) is 11.3. The molecule has 0 aromatic carbocycles. The Morgan fingerprint density at radius 1 is 1.29 bits per heavy atom. The minimum atomic E-state index is -1.03. The summed E-state index contributed by atoms with van der Waals surface area (Å²) in [6, 6.07) is 5.10. The van der Waals surface area contributed by atoms with Gasteiger partial charge in [-0.15, -0.1) is 0 Å². The van der Waals surface area contributed by atoms with E-state index in [1.807, 2.05) is 17.7 Å². The van der Waals surface area contributed by atoms with Crippen molar-refractivity contribution in [2.75, 3.05) is 5.32 Å². The van der Waals surface area contributed by atoms with E-state index in [9.17, 15) is 4.79 Å². The Labute approximate surface area is 120 Å². The van der Waals surface area contributed by atoms with Crippen molar-refractivity contribution in [1.82, 2.24) is 19.5 Å². The highest BCUT2D eigenvalue weighted by molar-refractivity contribution is 5.86. The molecular formula is C14H13N5O2. The minimum absolute atomic E-state index is 0.0312. The Morgan fingerprint density at radius 2 is 2.14 bits per heavy atom. The van der Waals surface area contributed by atoms with E-state index in [1.165, 1.54) is 12.3 Å². The normalized spacial score (nSPS) is 10.7. The van der Waals surface area contributed by atoms with Gasteiger partial charge in [0, 0.05) is 26.0 Å². The highest BCUT2D eigenvalue weighted by Crippen LogP contribution is 2.19. The van der Waals surface area contributed by atoms with Gasteiger partial charge in [-0.3, -0.25) is 0 Å². The van der Waals surface area contributed by atoms with E-state index in [-0.39, 0.29) is 5.69 Å². The van der Waals surface area contributed by atoms with Crippen LogP contribution in [0.25, 0.3) is 11.0 Å². The van der Waals surface area contributed by atoms with Gasteiger partial charge in [0.25, 0.3) is 0 Å². The summed E-state index contributed by atoms with van der Waals surface area (Å²) in [5, 5.41) is 12.0. The average Bonchev–Trinajstić information content (AvgIpc) is 2.88. The molecule has 0 atom stereocenters. The van der Waals surface area contributed by atoms with E-state index >= 15 is 0 Å². The maximum absolute atomic E-state index is 10.7. The number of fused-ring (bicyclic) bond motifs is 1. The number of carbonyl (C=O) groups is 1. The molecule has 3 heterocycles. The van der Waals surface area contributed by atoms with E-state index in [0.717, 1.165) is 16.6 Å².